The van der Waals surface area contributed by atoms with Crippen molar-refractivity contribution in [3.05, 3.63) is 40.7 Å². The number of aliphatic carboxylic acids is 1. The van der Waals surface area contributed by atoms with E-state index in [-0.39, 0.29) is 38.7 Å². The molecule has 4 amide bonds. The summed E-state index contributed by atoms with van der Waals surface area (Å²) in [6, 6.07) is 2.91. The van der Waals surface area contributed by atoms with Crippen molar-refractivity contribution in [2.75, 3.05) is 45.6 Å². The lowest BCUT2D eigenvalue weighted by Gasteiger charge is -2.36. The first-order chi connectivity index (χ1) is 29.9. The Labute approximate surface area is 378 Å². The van der Waals surface area contributed by atoms with E-state index >= 15 is 0 Å². The lowest BCUT2D eigenvalue weighted by molar-refractivity contribution is -0.169. The highest BCUT2D eigenvalue weighted by atomic mass is 79.9. The van der Waals surface area contributed by atoms with Crippen LogP contribution < -0.4 is 25.4 Å². The Hall–Kier alpha value is -4.85. The van der Waals surface area contributed by atoms with Crippen LogP contribution in [0, 0.1) is 22.7 Å². The standard InChI is InChI=1S/C44H55BrN6O11S/c1-7-25-17-44(25,39(55)56)50-37(53)30-15-26(18-51(30)38(54)36(42(2,3)4)49-41(57)61-22-43(5)20-59-23-60-21-43)62-32-16-28(46-35-27(32)12-13-31(58-6)34(35)45)29-19-63-40(47-29)48-33(52)14-24-10-8-9-11-24/h7,12-13,16,19,24-26,30,36H,1,8-11,14-15,17-18,20-23H2,2-6H3,(H,49,57)(H,50,53)(H,55,56)(H,47,48,52)/t25-,26-,30+,36-,44-/m1/s1. The second-order valence-electron chi connectivity index (χ2n) is 18.4. The number of nitrogens with zero attached hydrogens (tertiary/aromatic N) is 3. The zero-order chi connectivity index (χ0) is 45.3. The number of hydrogen-bond acceptors (Lipinski definition) is 13. The Bertz CT molecular complexity index is 2250. The zero-order valence-corrected chi connectivity index (χ0v) is 38.5. The monoisotopic (exact) mass is 954 g/mol. The third-order valence-corrected chi connectivity index (χ3v) is 13.7. The third kappa shape index (κ3) is 10.3. The number of fused-ring (bicyclic) bond motifs is 1. The van der Waals surface area contributed by atoms with E-state index in [0.29, 0.717) is 68.9 Å². The van der Waals surface area contributed by atoms with Crippen molar-refractivity contribution < 1.29 is 52.8 Å². The highest BCUT2D eigenvalue weighted by Gasteiger charge is 2.61. The number of carboxylic acids is 1. The minimum atomic E-state index is -1.56. The number of hydrogen-bond donors (Lipinski definition) is 4. The van der Waals surface area contributed by atoms with E-state index in [0.717, 1.165) is 25.7 Å². The molecule has 3 aromatic rings. The number of rotatable bonds is 15. The smallest absolute Gasteiger partial charge is 0.407 e. The summed E-state index contributed by atoms with van der Waals surface area (Å²) in [4.78, 5) is 78.7. The Kier molecular flexibility index (Phi) is 13.7. The summed E-state index contributed by atoms with van der Waals surface area (Å²) >= 11 is 4.92. The molecule has 4 heterocycles. The quantitative estimate of drug-likeness (QED) is 0.123. The molecule has 340 valence electrons. The SMILES string of the molecule is C=C[C@@H]1C[C@]1(NC(=O)[C@@H]1C[C@@H](Oc2cc(-c3csc(NC(=O)CC4CCCC4)n3)nc3c(Br)c(OC)ccc23)CN1C(=O)[C@@H](NC(=O)OCC1(C)COCOC1)C(C)(C)C)C(=O)O. The van der Waals surface area contributed by atoms with Gasteiger partial charge < -0.3 is 49.6 Å². The summed E-state index contributed by atoms with van der Waals surface area (Å²) in [7, 11) is 1.54. The summed E-state index contributed by atoms with van der Waals surface area (Å²) in [6.45, 7) is 11.6. The Morgan fingerprint density at radius 2 is 1.84 bits per heavy atom. The number of nitrogens with one attached hydrogen (secondary N) is 3. The Balaban J connectivity index is 1.17. The lowest BCUT2D eigenvalue weighted by Crippen LogP contribution is -2.59. The van der Waals surface area contributed by atoms with Gasteiger partial charge in [0.2, 0.25) is 17.7 Å². The van der Waals surface area contributed by atoms with Gasteiger partial charge in [-0.3, -0.25) is 14.4 Å². The van der Waals surface area contributed by atoms with E-state index in [4.69, 9.17) is 33.7 Å². The predicted octanol–water partition coefficient (Wildman–Crippen LogP) is 6.29. The molecule has 4 N–H and O–H groups in total. The largest absolute Gasteiger partial charge is 0.495 e. The first-order valence-corrected chi connectivity index (χ1v) is 22.8. The summed E-state index contributed by atoms with van der Waals surface area (Å²) in [6.07, 6.45) is 4.81. The van der Waals surface area contributed by atoms with Crippen LogP contribution in [-0.2, 0) is 33.4 Å². The number of anilines is 1. The van der Waals surface area contributed by atoms with Crippen molar-refractivity contribution in [1.29, 1.82) is 0 Å². The average molecular weight is 956 g/mol. The molecule has 0 bridgehead atoms. The van der Waals surface area contributed by atoms with Gasteiger partial charge in [0.1, 0.15) is 54.3 Å². The van der Waals surface area contributed by atoms with Gasteiger partial charge in [0, 0.05) is 41.0 Å². The van der Waals surface area contributed by atoms with Gasteiger partial charge in [-0.1, -0.05) is 46.6 Å². The summed E-state index contributed by atoms with van der Waals surface area (Å²) in [5.74, 6) is -1.80. The van der Waals surface area contributed by atoms with Crippen molar-refractivity contribution in [2.24, 2.45) is 22.7 Å². The van der Waals surface area contributed by atoms with Gasteiger partial charge in [-0.25, -0.2) is 19.6 Å². The van der Waals surface area contributed by atoms with Crippen LogP contribution in [0.15, 0.2) is 40.7 Å². The molecule has 63 heavy (non-hydrogen) atoms. The number of carbonyl (C=O) groups excluding carboxylic acids is 4. The molecule has 2 aliphatic carbocycles. The normalized spacial score (nSPS) is 23.7. The molecule has 1 aromatic carbocycles. The maximum absolute atomic E-state index is 14.8. The van der Waals surface area contributed by atoms with E-state index in [1.807, 2.05) is 6.92 Å². The average Bonchev–Trinajstić information content (AvgIpc) is 3.65. The number of alkyl carbamates (subject to hydrolysis) is 1. The van der Waals surface area contributed by atoms with Crippen molar-refractivity contribution in [1.82, 2.24) is 25.5 Å². The molecule has 0 radical (unpaired) electrons. The van der Waals surface area contributed by atoms with Crippen LogP contribution in [0.3, 0.4) is 0 Å². The molecule has 17 nitrogen and oxygen atoms in total. The van der Waals surface area contributed by atoms with Gasteiger partial charge >= 0.3 is 12.1 Å². The van der Waals surface area contributed by atoms with Crippen LogP contribution >= 0.6 is 27.3 Å². The first-order valence-electron chi connectivity index (χ1n) is 21.1. The summed E-state index contributed by atoms with van der Waals surface area (Å²) < 4.78 is 29.3. The van der Waals surface area contributed by atoms with Crippen LogP contribution in [0.5, 0.6) is 11.5 Å². The van der Waals surface area contributed by atoms with E-state index in [9.17, 15) is 29.1 Å². The predicted molar refractivity (Wildman–Crippen MR) is 236 cm³/mol. The molecule has 0 unspecified atom stereocenters. The molecule has 2 aliphatic heterocycles. The molecule has 19 heteroatoms. The summed E-state index contributed by atoms with van der Waals surface area (Å²) in [5, 5.41) is 21.4. The molecular weight excluding hydrogens is 900 g/mol. The number of carboxylic acid groups (broad SMARTS) is 1. The molecular formula is C44H55BrN6O11S. The molecule has 2 saturated heterocycles. The molecule has 2 saturated carbocycles. The van der Waals surface area contributed by atoms with Gasteiger partial charge in [0.25, 0.3) is 0 Å². The highest BCUT2D eigenvalue weighted by Crippen LogP contribution is 2.45. The maximum Gasteiger partial charge on any atom is 0.407 e. The molecule has 4 fully saturated rings. The molecule has 5 atom stereocenters. The molecule has 4 aliphatic rings. The number of aromatic nitrogens is 2. The number of ether oxygens (including phenoxy) is 5. The van der Waals surface area contributed by atoms with Crippen molar-refractivity contribution in [3.8, 4) is 22.9 Å². The third-order valence-electron chi connectivity index (χ3n) is 12.2. The van der Waals surface area contributed by atoms with Crippen LogP contribution in [-0.4, -0.2) is 114 Å². The number of methoxy groups -OCH3 is 1. The number of amides is 4. The number of halogens is 1. The van der Waals surface area contributed by atoms with Crippen LogP contribution in [0.2, 0.25) is 0 Å². The highest BCUT2D eigenvalue weighted by molar-refractivity contribution is 9.10. The number of benzene rings is 1. The molecule has 0 spiro atoms. The lowest BCUT2D eigenvalue weighted by atomic mass is 9.85. The van der Waals surface area contributed by atoms with Crippen LogP contribution in [0.1, 0.15) is 72.6 Å². The van der Waals surface area contributed by atoms with Gasteiger partial charge in [-0.05, 0) is 58.7 Å². The fourth-order valence-corrected chi connectivity index (χ4v) is 9.85. The van der Waals surface area contributed by atoms with E-state index < -0.39 is 64.4 Å². The summed E-state index contributed by atoms with van der Waals surface area (Å²) in [5.41, 5.74) is -1.61. The second kappa shape index (κ2) is 18.7. The molecule has 7 rings (SSSR count). The second-order valence-corrected chi connectivity index (χ2v) is 20.0. The van der Waals surface area contributed by atoms with E-state index in [1.165, 1.54) is 29.4 Å². The van der Waals surface area contributed by atoms with Gasteiger partial charge in [0.15, 0.2) is 5.13 Å². The number of likely N-dealkylation sites (tertiary alicyclic amines) is 1. The van der Waals surface area contributed by atoms with Crippen molar-refractivity contribution in [2.45, 2.75) is 96.4 Å². The fourth-order valence-electron chi connectivity index (χ4n) is 8.54. The fraction of sp³-hybridized carbons (Fsp3) is 0.568. The minimum Gasteiger partial charge on any atom is -0.495 e. The zero-order valence-electron chi connectivity index (χ0n) is 36.1. The Morgan fingerprint density at radius 3 is 2.49 bits per heavy atom. The molecule has 2 aromatic heterocycles. The van der Waals surface area contributed by atoms with Gasteiger partial charge in [0.05, 0.1) is 42.6 Å². The Morgan fingerprint density at radius 1 is 1.11 bits per heavy atom. The van der Waals surface area contributed by atoms with Crippen LogP contribution in [0.25, 0.3) is 22.3 Å². The van der Waals surface area contributed by atoms with E-state index in [1.54, 1.807) is 44.4 Å². The van der Waals surface area contributed by atoms with Crippen molar-refractivity contribution >= 4 is 73.1 Å². The van der Waals surface area contributed by atoms with E-state index in [2.05, 4.69) is 38.5 Å². The van der Waals surface area contributed by atoms with Crippen LogP contribution in [0.4, 0.5) is 9.93 Å². The first kappa shape index (κ1) is 46.2. The van der Waals surface area contributed by atoms with Crippen molar-refractivity contribution in [3.63, 3.8) is 0 Å². The topological polar surface area (TPSA) is 217 Å². The van der Waals surface area contributed by atoms with Gasteiger partial charge in [-0.15, -0.1) is 17.9 Å². The number of thiazole rings is 1. The van der Waals surface area contributed by atoms with Gasteiger partial charge in [-0.2, -0.15) is 0 Å². The minimum absolute atomic E-state index is 0.0178. The maximum atomic E-state index is 14.8. The number of carbonyl (C=O) groups is 5. The number of pyridine rings is 1.